The molecule has 144 valence electrons. The molecule has 2 aromatic carbocycles. The normalized spacial score (nSPS) is 10.3. The number of carbonyl (C=O) groups excluding carboxylic acids is 1. The van der Waals surface area contributed by atoms with Gasteiger partial charge in [-0.25, -0.2) is 0 Å². The fourth-order valence-corrected chi connectivity index (χ4v) is 2.34. The SMILES string of the molecule is C=CCOc1ccccc1NCC(=O)Nc1cccc(OCCC(C)C)c1. The van der Waals surface area contributed by atoms with E-state index >= 15 is 0 Å². The van der Waals surface area contributed by atoms with Crippen LogP contribution in [0.1, 0.15) is 20.3 Å². The van der Waals surface area contributed by atoms with Gasteiger partial charge in [-0.15, -0.1) is 0 Å². The van der Waals surface area contributed by atoms with Crippen LogP contribution in [0.2, 0.25) is 0 Å². The van der Waals surface area contributed by atoms with Crippen molar-refractivity contribution in [1.29, 1.82) is 0 Å². The molecule has 0 unspecified atom stereocenters. The smallest absolute Gasteiger partial charge is 0.243 e. The summed E-state index contributed by atoms with van der Waals surface area (Å²) in [6.45, 7) is 9.17. The molecule has 0 heterocycles. The van der Waals surface area contributed by atoms with Crippen LogP contribution >= 0.6 is 0 Å². The third-order valence-corrected chi connectivity index (χ3v) is 3.76. The van der Waals surface area contributed by atoms with Crippen molar-refractivity contribution in [3.63, 3.8) is 0 Å². The van der Waals surface area contributed by atoms with Crippen molar-refractivity contribution >= 4 is 17.3 Å². The van der Waals surface area contributed by atoms with Gasteiger partial charge in [0.15, 0.2) is 0 Å². The van der Waals surface area contributed by atoms with Gasteiger partial charge >= 0.3 is 0 Å². The van der Waals surface area contributed by atoms with Gasteiger partial charge in [-0.1, -0.05) is 44.7 Å². The van der Waals surface area contributed by atoms with Crippen LogP contribution in [0.5, 0.6) is 11.5 Å². The van der Waals surface area contributed by atoms with E-state index in [1.54, 1.807) is 6.08 Å². The zero-order valence-electron chi connectivity index (χ0n) is 16.0. The van der Waals surface area contributed by atoms with Crippen LogP contribution in [0, 0.1) is 5.92 Å². The standard InChI is InChI=1S/C22H28N2O3/c1-4-13-27-21-11-6-5-10-20(21)23-16-22(25)24-18-8-7-9-19(15-18)26-14-12-17(2)3/h4-11,15,17,23H,1,12-14,16H2,2-3H3,(H,24,25). The summed E-state index contributed by atoms with van der Waals surface area (Å²) in [6.07, 6.45) is 2.67. The average molecular weight is 368 g/mol. The van der Waals surface area contributed by atoms with Crippen LogP contribution in [0.25, 0.3) is 0 Å². The monoisotopic (exact) mass is 368 g/mol. The van der Waals surface area contributed by atoms with Gasteiger partial charge in [-0.05, 0) is 36.6 Å². The predicted molar refractivity (Wildman–Crippen MR) is 111 cm³/mol. The third kappa shape index (κ3) is 7.44. The molecule has 2 N–H and O–H groups in total. The Bertz CT molecular complexity index is 744. The number of ether oxygens (including phenoxy) is 2. The van der Waals surface area contributed by atoms with Gasteiger partial charge in [0.25, 0.3) is 0 Å². The summed E-state index contributed by atoms with van der Waals surface area (Å²) in [5.41, 5.74) is 1.47. The molecule has 2 rings (SSSR count). The zero-order chi connectivity index (χ0) is 19.5. The molecule has 0 aliphatic rings. The van der Waals surface area contributed by atoms with Crippen LogP contribution in [0.15, 0.2) is 61.2 Å². The highest BCUT2D eigenvalue weighted by Gasteiger charge is 2.07. The van der Waals surface area contributed by atoms with Crippen LogP contribution in [-0.2, 0) is 4.79 Å². The summed E-state index contributed by atoms with van der Waals surface area (Å²) in [7, 11) is 0. The summed E-state index contributed by atoms with van der Waals surface area (Å²) in [6, 6.07) is 14.9. The minimum absolute atomic E-state index is 0.132. The van der Waals surface area contributed by atoms with Gasteiger partial charge in [0.05, 0.1) is 18.8 Å². The molecule has 0 aliphatic heterocycles. The predicted octanol–water partition coefficient (Wildman–Crippen LogP) is 4.73. The molecule has 0 fully saturated rings. The molecule has 5 heteroatoms. The van der Waals surface area contributed by atoms with Gasteiger partial charge in [-0.3, -0.25) is 4.79 Å². The van der Waals surface area contributed by atoms with Crippen LogP contribution in [0.4, 0.5) is 11.4 Å². The van der Waals surface area contributed by atoms with Crippen molar-refractivity contribution in [2.45, 2.75) is 20.3 Å². The Hall–Kier alpha value is -2.95. The fraction of sp³-hybridized carbons (Fsp3) is 0.318. The number of para-hydroxylation sites is 2. The Balaban J connectivity index is 1.86. The van der Waals surface area contributed by atoms with E-state index in [1.165, 1.54) is 0 Å². The molecular weight excluding hydrogens is 340 g/mol. The molecule has 0 atom stereocenters. The minimum atomic E-state index is -0.146. The largest absolute Gasteiger partial charge is 0.494 e. The molecule has 0 bridgehead atoms. The van der Waals surface area contributed by atoms with Crippen molar-refractivity contribution in [2.24, 2.45) is 5.92 Å². The number of hydrogen-bond donors (Lipinski definition) is 2. The van der Waals surface area contributed by atoms with E-state index in [0.717, 1.165) is 17.9 Å². The molecule has 0 aliphatic carbocycles. The van der Waals surface area contributed by atoms with Crippen LogP contribution in [0.3, 0.4) is 0 Å². The first-order valence-electron chi connectivity index (χ1n) is 9.17. The first-order chi connectivity index (χ1) is 13.1. The van der Waals surface area contributed by atoms with Gasteiger partial charge in [-0.2, -0.15) is 0 Å². The summed E-state index contributed by atoms with van der Waals surface area (Å²) >= 11 is 0. The minimum Gasteiger partial charge on any atom is -0.494 e. The second-order valence-electron chi connectivity index (χ2n) is 6.56. The number of rotatable bonds is 11. The number of anilines is 2. The van der Waals surface area contributed by atoms with Gasteiger partial charge in [0, 0.05) is 11.8 Å². The lowest BCUT2D eigenvalue weighted by Gasteiger charge is -2.13. The Kier molecular flexibility index (Phi) is 8.23. The Labute approximate surface area is 161 Å². The lowest BCUT2D eigenvalue weighted by atomic mass is 10.1. The summed E-state index contributed by atoms with van der Waals surface area (Å²) in [5.74, 6) is 1.89. The molecule has 0 aromatic heterocycles. The Morgan fingerprint density at radius 3 is 2.74 bits per heavy atom. The average Bonchev–Trinajstić information content (AvgIpc) is 2.65. The number of benzene rings is 2. The van der Waals surface area contributed by atoms with Crippen LogP contribution in [-0.4, -0.2) is 25.7 Å². The second-order valence-corrected chi connectivity index (χ2v) is 6.56. The number of carbonyl (C=O) groups is 1. The highest BCUT2D eigenvalue weighted by Crippen LogP contribution is 2.23. The van der Waals surface area contributed by atoms with E-state index in [1.807, 2.05) is 48.5 Å². The first kappa shape index (κ1) is 20.4. The second kappa shape index (κ2) is 10.9. The van der Waals surface area contributed by atoms with E-state index in [9.17, 15) is 4.79 Å². The van der Waals surface area contributed by atoms with Crippen molar-refractivity contribution in [3.8, 4) is 11.5 Å². The lowest BCUT2D eigenvalue weighted by molar-refractivity contribution is -0.114. The molecule has 0 spiro atoms. The maximum Gasteiger partial charge on any atom is 0.243 e. The van der Waals surface area contributed by atoms with E-state index < -0.39 is 0 Å². The lowest BCUT2D eigenvalue weighted by Crippen LogP contribution is -2.22. The molecule has 0 saturated heterocycles. The molecular formula is C22H28N2O3. The first-order valence-corrected chi connectivity index (χ1v) is 9.17. The van der Waals surface area contributed by atoms with Crippen molar-refractivity contribution < 1.29 is 14.3 Å². The maximum atomic E-state index is 12.3. The summed E-state index contributed by atoms with van der Waals surface area (Å²) in [5, 5.41) is 5.98. The quantitative estimate of drug-likeness (QED) is 0.563. The number of amides is 1. The van der Waals surface area contributed by atoms with E-state index in [4.69, 9.17) is 9.47 Å². The fourth-order valence-electron chi connectivity index (χ4n) is 2.34. The van der Waals surface area contributed by atoms with E-state index in [-0.39, 0.29) is 12.5 Å². The van der Waals surface area contributed by atoms with Crippen molar-refractivity contribution in [2.75, 3.05) is 30.4 Å². The molecule has 1 amide bonds. The molecule has 5 nitrogen and oxygen atoms in total. The topological polar surface area (TPSA) is 59.6 Å². The maximum absolute atomic E-state index is 12.3. The summed E-state index contributed by atoms with van der Waals surface area (Å²) < 4.78 is 11.3. The number of nitrogens with one attached hydrogen (secondary N) is 2. The van der Waals surface area contributed by atoms with E-state index in [0.29, 0.717) is 30.6 Å². The van der Waals surface area contributed by atoms with Crippen molar-refractivity contribution in [1.82, 2.24) is 0 Å². The van der Waals surface area contributed by atoms with Gasteiger partial charge in [0.2, 0.25) is 5.91 Å². The molecule has 27 heavy (non-hydrogen) atoms. The highest BCUT2D eigenvalue weighted by atomic mass is 16.5. The third-order valence-electron chi connectivity index (χ3n) is 3.76. The molecule has 0 radical (unpaired) electrons. The van der Waals surface area contributed by atoms with Crippen molar-refractivity contribution in [3.05, 3.63) is 61.2 Å². The highest BCUT2D eigenvalue weighted by molar-refractivity contribution is 5.94. The van der Waals surface area contributed by atoms with Gasteiger partial charge in [0.1, 0.15) is 18.1 Å². The number of hydrogen-bond acceptors (Lipinski definition) is 4. The molecule has 0 saturated carbocycles. The van der Waals surface area contributed by atoms with Crippen LogP contribution < -0.4 is 20.1 Å². The molecule has 2 aromatic rings. The Morgan fingerprint density at radius 1 is 1.15 bits per heavy atom. The van der Waals surface area contributed by atoms with Gasteiger partial charge < -0.3 is 20.1 Å². The Morgan fingerprint density at radius 2 is 1.96 bits per heavy atom. The summed E-state index contributed by atoms with van der Waals surface area (Å²) in [4.78, 5) is 12.3. The zero-order valence-corrected chi connectivity index (χ0v) is 16.0. The van der Waals surface area contributed by atoms with E-state index in [2.05, 4.69) is 31.1 Å².